The summed E-state index contributed by atoms with van der Waals surface area (Å²) in [4.78, 5) is 22.3. The number of nitrogens with one attached hydrogen (secondary N) is 2. The highest BCUT2D eigenvalue weighted by atomic mass is 16.4. The highest BCUT2D eigenvalue weighted by Crippen LogP contribution is 1.93. The van der Waals surface area contributed by atoms with Crippen molar-refractivity contribution in [2.45, 2.75) is 33.4 Å². The Morgan fingerprint density at radius 3 is 2.65 bits per heavy atom. The van der Waals surface area contributed by atoms with Crippen molar-refractivity contribution in [3.05, 3.63) is 11.9 Å². The summed E-state index contributed by atoms with van der Waals surface area (Å²) >= 11 is 0. The molecule has 1 rings (SSSR count). The zero-order valence-corrected chi connectivity index (χ0v) is 12.0. The lowest BCUT2D eigenvalue weighted by atomic mass is 10.2. The van der Waals surface area contributed by atoms with Gasteiger partial charge in [0.15, 0.2) is 5.69 Å². The van der Waals surface area contributed by atoms with Crippen molar-refractivity contribution >= 4 is 11.9 Å². The van der Waals surface area contributed by atoms with Crippen molar-refractivity contribution in [1.82, 2.24) is 25.6 Å². The van der Waals surface area contributed by atoms with Gasteiger partial charge in [-0.3, -0.25) is 9.48 Å². The number of amides is 1. The maximum absolute atomic E-state index is 11.7. The van der Waals surface area contributed by atoms with Gasteiger partial charge in [-0.05, 0) is 12.8 Å². The van der Waals surface area contributed by atoms with Gasteiger partial charge in [-0.25, -0.2) is 4.79 Å². The van der Waals surface area contributed by atoms with Crippen molar-refractivity contribution < 1.29 is 14.7 Å². The molecular formula is C12H21N5O3. The van der Waals surface area contributed by atoms with E-state index in [0.29, 0.717) is 25.6 Å². The van der Waals surface area contributed by atoms with Crippen molar-refractivity contribution in [2.75, 3.05) is 13.1 Å². The maximum atomic E-state index is 11.7. The highest BCUT2D eigenvalue weighted by molar-refractivity contribution is 5.84. The van der Waals surface area contributed by atoms with Crippen molar-refractivity contribution in [3.8, 4) is 0 Å². The number of nitrogens with zero attached hydrogens (tertiary/aromatic N) is 3. The minimum absolute atomic E-state index is 0.0523. The van der Waals surface area contributed by atoms with E-state index in [-0.39, 0.29) is 17.6 Å². The summed E-state index contributed by atoms with van der Waals surface area (Å²) in [6.45, 7) is 7.43. The van der Waals surface area contributed by atoms with E-state index in [1.165, 1.54) is 10.9 Å². The Hall–Kier alpha value is -1.96. The fourth-order valence-corrected chi connectivity index (χ4v) is 1.45. The van der Waals surface area contributed by atoms with Gasteiger partial charge in [-0.1, -0.05) is 19.1 Å². The number of hydrogen-bond donors (Lipinski definition) is 3. The second-order valence-electron chi connectivity index (χ2n) is 4.99. The molecule has 8 nitrogen and oxygen atoms in total. The zero-order valence-electron chi connectivity index (χ0n) is 12.0. The lowest BCUT2D eigenvalue weighted by Crippen LogP contribution is -2.44. The number of carboxylic acid groups (broad SMARTS) is 1. The van der Waals surface area contributed by atoms with E-state index in [2.05, 4.69) is 20.9 Å². The fourth-order valence-electron chi connectivity index (χ4n) is 1.45. The van der Waals surface area contributed by atoms with E-state index in [1.807, 2.05) is 13.8 Å². The molecule has 0 spiro atoms. The summed E-state index contributed by atoms with van der Waals surface area (Å²) in [6, 6.07) is -0.309. The first kappa shape index (κ1) is 16.1. The van der Waals surface area contributed by atoms with Crippen LogP contribution in [0.5, 0.6) is 0 Å². The Labute approximate surface area is 117 Å². The molecule has 1 amide bonds. The van der Waals surface area contributed by atoms with E-state index < -0.39 is 5.97 Å². The number of aromatic carboxylic acids is 1. The summed E-state index contributed by atoms with van der Waals surface area (Å²) in [6.07, 6.45) is 1.35. The quantitative estimate of drug-likeness (QED) is 0.606. The Morgan fingerprint density at radius 1 is 1.40 bits per heavy atom. The Bertz CT molecular complexity index is 458. The summed E-state index contributed by atoms with van der Waals surface area (Å²) in [5.74, 6) is -0.745. The smallest absolute Gasteiger partial charge is 0.358 e. The predicted molar refractivity (Wildman–Crippen MR) is 72.3 cm³/mol. The van der Waals surface area contributed by atoms with Crippen LogP contribution in [-0.4, -0.2) is 51.1 Å². The molecule has 3 N–H and O–H groups in total. The molecule has 8 heteroatoms. The second-order valence-corrected chi connectivity index (χ2v) is 4.99. The van der Waals surface area contributed by atoms with Gasteiger partial charge in [0.05, 0.1) is 18.8 Å². The molecule has 20 heavy (non-hydrogen) atoms. The summed E-state index contributed by atoms with van der Waals surface area (Å²) in [5.41, 5.74) is -0.0901. The first-order valence-electron chi connectivity index (χ1n) is 6.54. The van der Waals surface area contributed by atoms with Gasteiger partial charge in [-0.15, -0.1) is 5.10 Å². The third-order valence-electron chi connectivity index (χ3n) is 2.63. The summed E-state index contributed by atoms with van der Waals surface area (Å²) in [7, 11) is 0. The van der Waals surface area contributed by atoms with E-state index in [9.17, 15) is 9.59 Å². The molecule has 0 aromatic carbocycles. The molecule has 1 aromatic heterocycles. The van der Waals surface area contributed by atoms with Crippen LogP contribution in [0.25, 0.3) is 0 Å². The normalized spacial score (nSPS) is 12.4. The van der Waals surface area contributed by atoms with Crippen LogP contribution in [0.1, 0.15) is 31.3 Å². The number of aromatic nitrogens is 3. The van der Waals surface area contributed by atoms with Gasteiger partial charge >= 0.3 is 5.97 Å². The predicted octanol–water partition coefficient (Wildman–Crippen LogP) is -0.273. The number of carbonyl (C=O) groups excluding carboxylic acids is 1. The molecule has 1 aromatic rings. The summed E-state index contributed by atoms with van der Waals surface area (Å²) in [5, 5.41) is 21.8. The van der Waals surface area contributed by atoms with Crippen LogP contribution in [0.2, 0.25) is 0 Å². The number of hydrogen-bond acceptors (Lipinski definition) is 5. The van der Waals surface area contributed by atoms with E-state index in [1.54, 1.807) is 6.92 Å². The highest BCUT2D eigenvalue weighted by Gasteiger charge is 2.12. The van der Waals surface area contributed by atoms with E-state index in [4.69, 9.17) is 5.11 Å². The molecule has 112 valence electrons. The van der Waals surface area contributed by atoms with Crippen LogP contribution in [0.3, 0.4) is 0 Å². The largest absolute Gasteiger partial charge is 0.476 e. The van der Waals surface area contributed by atoms with Gasteiger partial charge in [0.1, 0.15) is 0 Å². The van der Waals surface area contributed by atoms with Crippen LogP contribution in [0, 0.1) is 5.92 Å². The molecule has 1 unspecified atom stereocenters. The topological polar surface area (TPSA) is 109 Å². The Morgan fingerprint density at radius 2 is 2.10 bits per heavy atom. The molecule has 1 atom stereocenters. The monoisotopic (exact) mass is 283 g/mol. The van der Waals surface area contributed by atoms with Crippen molar-refractivity contribution in [1.29, 1.82) is 0 Å². The standard InChI is InChI=1S/C12H21N5O3/c1-8(2)6-14-11(18)9(3)13-4-5-17-7-10(12(19)20)15-16-17/h7-9,13H,4-6H2,1-3H3,(H,14,18)(H,19,20). The Kier molecular flexibility index (Phi) is 6.10. The molecule has 0 fully saturated rings. The molecule has 0 saturated carbocycles. The molecule has 0 aliphatic rings. The summed E-state index contributed by atoms with van der Waals surface area (Å²) < 4.78 is 1.43. The Balaban J connectivity index is 2.28. The van der Waals surface area contributed by atoms with Crippen LogP contribution in [-0.2, 0) is 11.3 Å². The van der Waals surface area contributed by atoms with Gasteiger partial charge in [-0.2, -0.15) is 0 Å². The van der Waals surface area contributed by atoms with Gasteiger partial charge in [0.2, 0.25) is 5.91 Å². The van der Waals surface area contributed by atoms with Crippen LogP contribution in [0.4, 0.5) is 0 Å². The number of rotatable bonds is 8. The van der Waals surface area contributed by atoms with Gasteiger partial charge in [0.25, 0.3) is 0 Å². The number of carboxylic acids is 1. The molecular weight excluding hydrogens is 262 g/mol. The third kappa shape index (κ3) is 5.35. The molecule has 0 aliphatic heterocycles. The van der Waals surface area contributed by atoms with E-state index >= 15 is 0 Å². The van der Waals surface area contributed by atoms with Gasteiger partial charge < -0.3 is 15.7 Å². The SMILES string of the molecule is CC(C)CNC(=O)C(C)NCCn1cc(C(=O)O)nn1. The van der Waals surface area contributed by atoms with E-state index in [0.717, 1.165) is 0 Å². The first-order valence-corrected chi connectivity index (χ1v) is 6.54. The second kappa shape index (κ2) is 7.59. The maximum Gasteiger partial charge on any atom is 0.358 e. The minimum Gasteiger partial charge on any atom is -0.476 e. The van der Waals surface area contributed by atoms with Crippen LogP contribution < -0.4 is 10.6 Å². The molecule has 0 radical (unpaired) electrons. The van der Waals surface area contributed by atoms with Crippen molar-refractivity contribution in [3.63, 3.8) is 0 Å². The number of carbonyl (C=O) groups is 2. The first-order chi connectivity index (χ1) is 9.40. The minimum atomic E-state index is -1.11. The van der Waals surface area contributed by atoms with Gasteiger partial charge in [0, 0.05) is 13.1 Å². The lowest BCUT2D eigenvalue weighted by Gasteiger charge is -2.14. The van der Waals surface area contributed by atoms with Crippen molar-refractivity contribution in [2.24, 2.45) is 5.92 Å². The van der Waals surface area contributed by atoms with Crippen LogP contribution in [0.15, 0.2) is 6.20 Å². The average Bonchev–Trinajstić information content (AvgIpc) is 2.84. The molecule has 0 saturated heterocycles. The lowest BCUT2D eigenvalue weighted by molar-refractivity contribution is -0.122. The fraction of sp³-hybridized carbons (Fsp3) is 0.667. The molecule has 1 heterocycles. The molecule has 0 aliphatic carbocycles. The zero-order chi connectivity index (χ0) is 15.1. The van der Waals surface area contributed by atoms with Crippen LogP contribution >= 0.6 is 0 Å². The average molecular weight is 283 g/mol. The molecule has 0 bridgehead atoms. The third-order valence-corrected chi connectivity index (χ3v) is 2.63.